The Bertz CT molecular complexity index is 1240. The largest absolute Gasteiger partial charge is 0.351 e. The minimum absolute atomic E-state index is 0.0607. The van der Waals surface area contributed by atoms with Crippen LogP contribution in [0.15, 0.2) is 42.6 Å². The summed E-state index contributed by atoms with van der Waals surface area (Å²) < 4.78 is 16.6. The Morgan fingerprint density at radius 1 is 1.18 bits per heavy atom. The molecule has 2 heterocycles. The van der Waals surface area contributed by atoms with Crippen molar-refractivity contribution in [2.45, 2.75) is 40.8 Å². The lowest BCUT2D eigenvalue weighted by Gasteiger charge is -2.23. The summed E-state index contributed by atoms with van der Waals surface area (Å²) in [6.45, 7) is 7.73. The molecule has 0 fully saturated rings. The number of rotatable bonds is 3. The molecule has 0 saturated carbocycles. The van der Waals surface area contributed by atoms with Gasteiger partial charge in [0, 0.05) is 35.7 Å². The van der Waals surface area contributed by atoms with Crippen molar-refractivity contribution >= 4 is 29.0 Å². The van der Waals surface area contributed by atoms with E-state index in [2.05, 4.69) is 15.7 Å². The highest BCUT2D eigenvalue weighted by Gasteiger charge is 2.27. The Hall–Kier alpha value is -3.68. The van der Waals surface area contributed by atoms with E-state index in [-0.39, 0.29) is 23.9 Å². The van der Waals surface area contributed by atoms with Crippen LogP contribution in [0.25, 0.3) is 0 Å². The number of aryl methyl sites for hydroxylation is 2. The molecular formula is C25H28FN5O2. The topological polar surface area (TPSA) is 79.3 Å². The summed E-state index contributed by atoms with van der Waals surface area (Å²) >= 11 is 0. The number of carbonyl (C=O) groups excluding carboxylic acids is 2. The molecule has 0 atom stereocenters. The second kappa shape index (κ2) is 8.35. The summed E-state index contributed by atoms with van der Waals surface area (Å²) in [5, 5.41) is 10.4. The summed E-state index contributed by atoms with van der Waals surface area (Å²) in [7, 11) is 1.84. The van der Waals surface area contributed by atoms with Crippen molar-refractivity contribution in [1.82, 2.24) is 15.1 Å². The van der Waals surface area contributed by atoms with E-state index in [1.165, 1.54) is 6.07 Å². The van der Waals surface area contributed by atoms with Crippen molar-refractivity contribution in [1.29, 1.82) is 0 Å². The number of nitrogens with one attached hydrogen (secondary N) is 2. The third kappa shape index (κ3) is 4.46. The van der Waals surface area contributed by atoms with Crippen LogP contribution in [0.5, 0.6) is 0 Å². The first kappa shape index (κ1) is 22.5. The Balaban J connectivity index is 1.63. The molecule has 0 bridgehead atoms. The summed E-state index contributed by atoms with van der Waals surface area (Å²) in [5.41, 5.74) is 3.40. The summed E-state index contributed by atoms with van der Waals surface area (Å²) in [6.07, 6.45) is 1.73. The van der Waals surface area contributed by atoms with Crippen LogP contribution in [0, 0.1) is 18.2 Å². The number of fused-ring (bicyclic) bond motifs is 2. The highest BCUT2D eigenvalue weighted by molar-refractivity contribution is 6.08. The number of nitrogens with zero attached hydrogens (tertiary/aromatic N) is 3. The van der Waals surface area contributed by atoms with Crippen molar-refractivity contribution in [3.05, 3.63) is 70.7 Å². The van der Waals surface area contributed by atoms with Crippen molar-refractivity contribution < 1.29 is 14.0 Å². The van der Waals surface area contributed by atoms with Crippen molar-refractivity contribution in [2.24, 2.45) is 12.5 Å². The smallest absolute Gasteiger partial charge is 0.258 e. The number of aromatic nitrogens is 2. The number of halogens is 1. The molecule has 4 rings (SSSR count). The lowest BCUT2D eigenvalue weighted by Crippen LogP contribution is -2.34. The van der Waals surface area contributed by atoms with Crippen LogP contribution in [-0.4, -0.2) is 21.6 Å². The predicted molar refractivity (Wildman–Crippen MR) is 126 cm³/mol. The maximum absolute atomic E-state index is 14.8. The molecule has 0 saturated heterocycles. The molecule has 0 unspecified atom stereocenters. The van der Waals surface area contributed by atoms with Gasteiger partial charge in [-0.15, -0.1) is 0 Å². The van der Waals surface area contributed by atoms with Crippen molar-refractivity contribution in [3.8, 4) is 0 Å². The van der Waals surface area contributed by atoms with E-state index in [0.29, 0.717) is 17.8 Å². The molecule has 3 aromatic rings. The van der Waals surface area contributed by atoms with E-state index >= 15 is 0 Å². The maximum Gasteiger partial charge on any atom is 0.258 e. The molecule has 0 spiro atoms. The fourth-order valence-corrected chi connectivity index (χ4v) is 3.73. The fraction of sp³-hybridized carbons (Fsp3) is 0.320. The lowest BCUT2D eigenvalue weighted by molar-refractivity contribution is -0.128. The Morgan fingerprint density at radius 3 is 2.64 bits per heavy atom. The maximum atomic E-state index is 14.8. The van der Waals surface area contributed by atoms with Gasteiger partial charge in [-0.3, -0.25) is 14.3 Å². The molecule has 8 heteroatoms. The van der Waals surface area contributed by atoms with Gasteiger partial charge in [-0.2, -0.15) is 5.10 Å². The molecule has 2 amide bonds. The number of hydrogen-bond donors (Lipinski definition) is 2. The van der Waals surface area contributed by atoms with Gasteiger partial charge in [0.15, 0.2) is 0 Å². The van der Waals surface area contributed by atoms with Crippen LogP contribution in [0.2, 0.25) is 0 Å². The zero-order valence-corrected chi connectivity index (χ0v) is 19.5. The zero-order chi connectivity index (χ0) is 23.9. The zero-order valence-electron chi connectivity index (χ0n) is 19.5. The second-order valence-corrected chi connectivity index (χ2v) is 9.42. The summed E-state index contributed by atoms with van der Waals surface area (Å²) in [5.74, 6) is -0.205. The summed E-state index contributed by atoms with van der Waals surface area (Å²) in [4.78, 5) is 27.2. The Morgan fingerprint density at radius 2 is 1.94 bits per heavy atom. The lowest BCUT2D eigenvalue weighted by atomic mass is 9.95. The minimum atomic E-state index is -0.565. The minimum Gasteiger partial charge on any atom is -0.351 e. The van der Waals surface area contributed by atoms with Gasteiger partial charge in [0.2, 0.25) is 5.91 Å². The molecule has 1 aromatic heterocycles. The average molecular weight is 450 g/mol. The third-order valence-corrected chi connectivity index (χ3v) is 5.70. The second-order valence-electron chi connectivity index (χ2n) is 9.42. The molecule has 0 aliphatic carbocycles. The van der Waals surface area contributed by atoms with Crippen molar-refractivity contribution in [2.75, 3.05) is 10.2 Å². The molecule has 33 heavy (non-hydrogen) atoms. The summed E-state index contributed by atoms with van der Waals surface area (Å²) in [6, 6.07) is 10.2. The molecule has 2 N–H and O–H groups in total. The molecule has 172 valence electrons. The van der Waals surface area contributed by atoms with E-state index in [1.807, 2.05) is 32.2 Å². The molecule has 7 nitrogen and oxygen atoms in total. The van der Waals surface area contributed by atoms with Crippen molar-refractivity contribution in [3.63, 3.8) is 0 Å². The number of hydrogen-bond acceptors (Lipinski definition) is 4. The molecule has 2 aromatic carbocycles. The van der Waals surface area contributed by atoms with Gasteiger partial charge in [0.1, 0.15) is 11.6 Å². The van der Waals surface area contributed by atoms with Crippen LogP contribution in [-0.2, 0) is 24.9 Å². The number of anilines is 3. The molecule has 0 radical (unpaired) electrons. The van der Waals surface area contributed by atoms with Gasteiger partial charge < -0.3 is 15.5 Å². The van der Waals surface area contributed by atoms with Crippen LogP contribution in [0.3, 0.4) is 0 Å². The van der Waals surface area contributed by atoms with E-state index in [4.69, 9.17) is 0 Å². The van der Waals surface area contributed by atoms with Gasteiger partial charge in [0.25, 0.3) is 5.91 Å². The van der Waals surface area contributed by atoms with Crippen LogP contribution in [0.1, 0.15) is 47.8 Å². The van der Waals surface area contributed by atoms with Crippen LogP contribution >= 0.6 is 0 Å². The first-order valence-corrected chi connectivity index (χ1v) is 10.8. The first-order chi connectivity index (χ1) is 15.5. The van der Waals surface area contributed by atoms with E-state index in [0.717, 1.165) is 22.6 Å². The molecule has 1 aliphatic heterocycles. The third-order valence-electron chi connectivity index (χ3n) is 5.70. The van der Waals surface area contributed by atoms with Crippen LogP contribution in [0.4, 0.5) is 21.6 Å². The highest BCUT2D eigenvalue weighted by Crippen LogP contribution is 2.37. The van der Waals surface area contributed by atoms with Gasteiger partial charge in [-0.25, -0.2) is 4.39 Å². The number of carbonyl (C=O) groups is 2. The SMILES string of the molecule is Cc1ccc2c(c1)Nc1c(cnn1C)CN2C(=O)c1ccc(CNC(=O)C(C)(C)C)c(F)c1. The van der Waals surface area contributed by atoms with Gasteiger partial charge in [-0.05, 0) is 36.8 Å². The van der Waals surface area contributed by atoms with Gasteiger partial charge in [0.05, 0.1) is 24.1 Å². The van der Waals surface area contributed by atoms with E-state index in [1.54, 1.807) is 48.7 Å². The Kier molecular flexibility index (Phi) is 5.69. The van der Waals surface area contributed by atoms with Gasteiger partial charge in [-0.1, -0.05) is 32.9 Å². The Labute approximate surface area is 192 Å². The van der Waals surface area contributed by atoms with E-state index in [9.17, 15) is 14.0 Å². The quantitative estimate of drug-likeness (QED) is 0.620. The number of benzene rings is 2. The highest BCUT2D eigenvalue weighted by atomic mass is 19.1. The molecular weight excluding hydrogens is 421 g/mol. The average Bonchev–Trinajstić information content (AvgIpc) is 3.00. The standard InChI is InChI=1S/C25H28FN5O2/c1-15-6-9-21-20(10-15)29-22-18(13-28-30(22)5)14-31(21)23(32)16-7-8-17(19(26)11-16)12-27-24(33)25(2,3)4/h6-11,13,29H,12,14H2,1-5H3,(H,27,33). The number of amides is 2. The first-order valence-electron chi connectivity index (χ1n) is 10.8. The monoisotopic (exact) mass is 449 g/mol. The van der Waals surface area contributed by atoms with Gasteiger partial charge >= 0.3 is 0 Å². The van der Waals surface area contributed by atoms with Crippen LogP contribution < -0.4 is 15.5 Å². The molecule has 1 aliphatic rings. The predicted octanol–water partition coefficient (Wildman–Crippen LogP) is 4.43. The fourth-order valence-electron chi connectivity index (χ4n) is 3.73. The normalized spacial score (nSPS) is 13.0. The van der Waals surface area contributed by atoms with E-state index < -0.39 is 11.2 Å².